The number of hydrogen-bond donors (Lipinski definition) is 1. The fraction of sp³-hybridized carbons (Fsp3) is 0.250. The zero-order chi connectivity index (χ0) is 7.68. The molecule has 0 aromatic heterocycles. The van der Waals surface area contributed by atoms with Crippen LogP contribution >= 0.6 is 12.4 Å². The number of hydrogen-bond acceptors (Lipinski definition) is 2. The molecule has 0 bridgehead atoms. The lowest BCUT2D eigenvalue weighted by Crippen LogP contribution is -2.18. The number of para-hydroxylation sites is 1. The van der Waals surface area contributed by atoms with Crippen LogP contribution in [0.15, 0.2) is 18.2 Å². The van der Waals surface area contributed by atoms with Gasteiger partial charge in [0.25, 0.3) is 0 Å². The summed E-state index contributed by atoms with van der Waals surface area (Å²) in [6.45, 7) is 1.28. The van der Waals surface area contributed by atoms with Gasteiger partial charge in [-0.15, -0.1) is 12.4 Å². The van der Waals surface area contributed by atoms with E-state index in [1.807, 2.05) is 0 Å². The molecule has 0 unspecified atom stereocenters. The number of benzene rings is 1. The Bertz CT molecular complexity index is 280. The van der Waals surface area contributed by atoms with Gasteiger partial charge in [0, 0.05) is 6.54 Å². The Balaban J connectivity index is 0.000000720. The molecule has 0 radical (unpaired) electrons. The molecule has 0 saturated heterocycles. The first-order valence-electron chi connectivity index (χ1n) is 3.53. The largest absolute Gasteiger partial charge is 0.489 e. The van der Waals surface area contributed by atoms with E-state index in [4.69, 9.17) is 4.74 Å². The topological polar surface area (TPSA) is 21.3 Å². The molecule has 2 nitrogen and oxygen atoms in total. The van der Waals surface area contributed by atoms with Crippen molar-refractivity contribution in [3.05, 3.63) is 24.0 Å². The molecule has 4 heteroatoms. The van der Waals surface area contributed by atoms with Crippen molar-refractivity contribution in [1.29, 1.82) is 0 Å². The molecule has 66 valence electrons. The third kappa shape index (κ3) is 1.46. The second-order valence-electron chi connectivity index (χ2n) is 2.39. The summed E-state index contributed by atoms with van der Waals surface area (Å²) in [5, 5.41) is 2.93. The molecule has 0 aliphatic carbocycles. The lowest BCUT2D eigenvalue weighted by atomic mass is 10.2. The van der Waals surface area contributed by atoms with Crippen molar-refractivity contribution in [2.75, 3.05) is 18.5 Å². The fourth-order valence-corrected chi connectivity index (χ4v) is 1.13. The van der Waals surface area contributed by atoms with Crippen molar-refractivity contribution in [3.63, 3.8) is 0 Å². The summed E-state index contributed by atoms with van der Waals surface area (Å²) in [4.78, 5) is 0. The van der Waals surface area contributed by atoms with Crippen molar-refractivity contribution in [3.8, 4) is 5.75 Å². The molecule has 2 rings (SSSR count). The highest BCUT2D eigenvalue weighted by Gasteiger charge is 2.12. The number of ether oxygens (including phenoxy) is 1. The van der Waals surface area contributed by atoms with Crippen LogP contribution in [0.2, 0.25) is 0 Å². The van der Waals surface area contributed by atoms with E-state index in [1.54, 1.807) is 12.1 Å². The van der Waals surface area contributed by atoms with Gasteiger partial charge in [0.1, 0.15) is 23.9 Å². The monoisotopic (exact) mass is 189 g/mol. The van der Waals surface area contributed by atoms with Gasteiger partial charge in [0.15, 0.2) is 0 Å². The molecule has 1 N–H and O–H groups in total. The summed E-state index contributed by atoms with van der Waals surface area (Å²) in [5.74, 6) is 0.360. The van der Waals surface area contributed by atoms with E-state index in [0.29, 0.717) is 24.6 Å². The molecule has 0 spiro atoms. The third-order valence-electron chi connectivity index (χ3n) is 1.64. The average Bonchev–Trinajstić information content (AvgIpc) is 2.06. The zero-order valence-electron chi connectivity index (χ0n) is 6.34. The zero-order valence-corrected chi connectivity index (χ0v) is 7.16. The number of anilines is 1. The summed E-state index contributed by atoms with van der Waals surface area (Å²) >= 11 is 0. The summed E-state index contributed by atoms with van der Waals surface area (Å²) < 4.78 is 18.1. The molecule has 1 aromatic rings. The van der Waals surface area contributed by atoms with Crippen LogP contribution in [-0.4, -0.2) is 13.2 Å². The van der Waals surface area contributed by atoms with Gasteiger partial charge in [0.05, 0.1) is 0 Å². The number of rotatable bonds is 0. The van der Waals surface area contributed by atoms with E-state index in [2.05, 4.69) is 5.32 Å². The van der Waals surface area contributed by atoms with E-state index >= 15 is 0 Å². The first-order chi connectivity index (χ1) is 5.38. The van der Waals surface area contributed by atoms with Crippen LogP contribution in [0.5, 0.6) is 5.75 Å². The molecular formula is C8H9ClFNO. The van der Waals surface area contributed by atoms with Crippen molar-refractivity contribution in [2.45, 2.75) is 0 Å². The minimum Gasteiger partial charge on any atom is -0.489 e. The van der Waals surface area contributed by atoms with E-state index in [0.717, 1.165) is 0 Å². The predicted octanol–water partition coefficient (Wildman–Crippen LogP) is 2.05. The Hall–Kier alpha value is -0.960. The Morgan fingerprint density at radius 2 is 2.25 bits per heavy atom. The summed E-state index contributed by atoms with van der Waals surface area (Å²) in [5.41, 5.74) is 0.485. The Labute approximate surface area is 76.1 Å². The minimum atomic E-state index is -0.248. The van der Waals surface area contributed by atoms with E-state index in [-0.39, 0.29) is 18.2 Å². The lowest BCUT2D eigenvalue weighted by molar-refractivity contribution is 0.320. The maximum Gasteiger partial charge on any atom is 0.150 e. The molecule has 1 heterocycles. The van der Waals surface area contributed by atoms with Crippen LogP contribution in [0, 0.1) is 5.82 Å². The van der Waals surface area contributed by atoms with Gasteiger partial charge < -0.3 is 10.1 Å². The normalized spacial score (nSPS) is 13.4. The summed E-state index contributed by atoms with van der Waals surface area (Å²) in [6.07, 6.45) is 0. The number of fused-ring (bicyclic) bond motifs is 1. The first-order valence-corrected chi connectivity index (χ1v) is 3.53. The summed E-state index contributed by atoms with van der Waals surface area (Å²) in [7, 11) is 0. The first kappa shape index (κ1) is 9.13. The second-order valence-corrected chi connectivity index (χ2v) is 2.39. The molecule has 1 aliphatic heterocycles. The average molecular weight is 190 g/mol. The maximum atomic E-state index is 12.9. The highest BCUT2D eigenvalue weighted by molar-refractivity contribution is 5.85. The fourth-order valence-electron chi connectivity index (χ4n) is 1.13. The SMILES string of the molecule is Cl.Fc1cccc2c1NCCO2. The molecule has 1 aliphatic rings. The van der Waals surface area contributed by atoms with Crippen LogP contribution in [0.4, 0.5) is 10.1 Å². The summed E-state index contributed by atoms with van der Waals surface area (Å²) in [6, 6.07) is 4.81. The van der Waals surface area contributed by atoms with Crippen molar-refractivity contribution < 1.29 is 9.13 Å². The van der Waals surface area contributed by atoms with Crippen LogP contribution in [0.1, 0.15) is 0 Å². The van der Waals surface area contributed by atoms with Crippen molar-refractivity contribution in [1.82, 2.24) is 0 Å². The quantitative estimate of drug-likeness (QED) is 0.675. The van der Waals surface area contributed by atoms with Crippen LogP contribution in [-0.2, 0) is 0 Å². The number of halogens is 2. The molecule has 0 atom stereocenters. The predicted molar refractivity (Wildman–Crippen MR) is 47.6 cm³/mol. The van der Waals surface area contributed by atoms with Crippen LogP contribution in [0.25, 0.3) is 0 Å². The molecule has 0 amide bonds. The highest BCUT2D eigenvalue weighted by atomic mass is 35.5. The molecular weight excluding hydrogens is 181 g/mol. The van der Waals surface area contributed by atoms with Gasteiger partial charge in [-0.2, -0.15) is 0 Å². The second kappa shape index (κ2) is 3.63. The standard InChI is InChI=1S/C8H8FNO.ClH/c9-6-2-1-3-7-8(6)10-4-5-11-7;/h1-3,10H,4-5H2;1H. The molecule has 12 heavy (non-hydrogen) atoms. The Kier molecular flexibility index (Phi) is 2.76. The van der Waals surface area contributed by atoms with Gasteiger partial charge in [-0.25, -0.2) is 4.39 Å². The Morgan fingerprint density at radius 3 is 3.00 bits per heavy atom. The van der Waals surface area contributed by atoms with Crippen molar-refractivity contribution >= 4 is 18.1 Å². The smallest absolute Gasteiger partial charge is 0.150 e. The number of nitrogens with one attached hydrogen (secondary N) is 1. The van der Waals surface area contributed by atoms with Crippen molar-refractivity contribution in [2.24, 2.45) is 0 Å². The van der Waals surface area contributed by atoms with Gasteiger partial charge in [-0.05, 0) is 12.1 Å². The molecule has 0 fully saturated rings. The van der Waals surface area contributed by atoms with Gasteiger partial charge >= 0.3 is 0 Å². The molecule has 0 saturated carbocycles. The molecule has 1 aromatic carbocycles. The Morgan fingerprint density at radius 1 is 1.42 bits per heavy atom. The van der Waals surface area contributed by atoms with Crippen LogP contribution < -0.4 is 10.1 Å². The highest BCUT2D eigenvalue weighted by Crippen LogP contribution is 2.28. The lowest BCUT2D eigenvalue weighted by Gasteiger charge is -2.18. The van der Waals surface area contributed by atoms with Gasteiger partial charge in [0.2, 0.25) is 0 Å². The van der Waals surface area contributed by atoms with Gasteiger partial charge in [-0.1, -0.05) is 6.07 Å². The van der Waals surface area contributed by atoms with E-state index in [1.165, 1.54) is 6.07 Å². The minimum absolute atomic E-state index is 0. The maximum absolute atomic E-state index is 12.9. The van der Waals surface area contributed by atoms with E-state index in [9.17, 15) is 4.39 Å². The van der Waals surface area contributed by atoms with E-state index < -0.39 is 0 Å². The third-order valence-corrected chi connectivity index (χ3v) is 1.64. The van der Waals surface area contributed by atoms with Gasteiger partial charge in [-0.3, -0.25) is 0 Å². The van der Waals surface area contributed by atoms with Crippen LogP contribution in [0.3, 0.4) is 0 Å².